The molecule has 0 aromatic heterocycles. The lowest BCUT2D eigenvalue weighted by Crippen LogP contribution is -2.36. The van der Waals surface area contributed by atoms with Crippen LogP contribution in [0.5, 0.6) is 0 Å². The summed E-state index contributed by atoms with van der Waals surface area (Å²) in [7, 11) is 1.63. The Labute approximate surface area is 83.2 Å². The third-order valence-electron chi connectivity index (χ3n) is 1.61. The number of benzene rings is 1. The van der Waals surface area contributed by atoms with Crippen LogP contribution in [0.4, 0.5) is 0 Å². The molecule has 0 bridgehead atoms. The van der Waals surface area contributed by atoms with Crippen LogP contribution in [0, 0.1) is 0 Å². The van der Waals surface area contributed by atoms with Crippen molar-refractivity contribution in [1.82, 2.24) is 10.9 Å². The van der Waals surface area contributed by atoms with Crippen molar-refractivity contribution in [2.75, 3.05) is 13.7 Å². The average molecular weight is 194 g/mol. The molecule has 4 heteroatoms. The Morgan fingerprint density at radius 2 is 2.07 bits per heavy atom. The van der Waals surface area contributed by atoms with Gasteiger partial charge < -0.3 is 4.74 Å². The number of rotatable bonds is 5. The van der Waals surface area contributed by atoms with E-state index in [1.165, 1.54) is 0 Å². The van der Waals surface area contributed by atoms with Crippen molar-refractivity contribution in [2.24, 2.45) is 0 Å². The van der Waals surface area contributed by atoms with Crippen LogP contribution in [0.25, 0.3) is 0 Å². The fourth-order valence-corrected chi connectivity index (χ4v) is 1.01. The second-order valence-electron chi connectivity index (χ2n) is 2.78. The van der Waals surface area contributed by atoms with Crippen molar-refractivity contribution >= 4 is 5.91 Å². The average Bonchev–Trinajstić information content (AvgIpc) is 2.20. The first-order chi connectivity index (χ1) is 6.83. The van der Waals surface area contributed by atoms with Gasteiger partial charge in [0, 0.05) is 7.05 Å². The predicted octanol–water partition coefficient (Wildman–Crippen LogP) is 0.454. The number of ether oxygens (including phenoxy) is 1. The maximum atomic E-state index is 10.9. The molecule has 0 saturated heterocycles. The molecule has 0 saturated carbocycles. The van der Waals surface area contributed by atoms with E-state index in [1.54, 1.807) is 7.05 Å². The zero-order valence-electron chi connectivity index (χ0n) is 8.12. The molecule has 0 aliphatic heterocycles. The van der Waals surface area contributed by atoms with Gasteiger partial charge >= 0.3 is 0 Å². The van der Waals surface area contributed by atoms with Gasteiger partial charge in [-0.1, -0.05) is 30.3 Å². The van der Waals surface area contributed by atoms with Crippen LogP contribution in [0.1, 0.15) is 5.56 Å². The lowest BCUT2D eigenvalue weighted by Gasteiger charge is -2.04. The van der Waals surface area contributed by atoms with Gasteiger partial charge in [-0.05, 0) is 5.56 Å². The van der Waals surface area contributed by atoms with E-state index < -0.39 is 0 Å². The Morgan fingerprint density at radius 3 is 2.71 bits per heavy atom. The van der Waals surface area contributed by atoms with E-state index in [0.717, 1.165) is 5.56 Å². The zero-order valence-corrected chi connectivity index (χ0v) is 8.12. The summed E-state index contributed by atoms with van der Waals surface area (Å²) in [4.78, 5) is 10.9. The van der Waals surface area contributed by atoms with E-state index in [2.05, 4.69) is 10.9 Å². The van der Waals surface area contributed by atoms with E-state index in [-0.39, 0.29) is 12.5 Å². The lowest BCUT2D eigenvalue weighted by molar-refractivity contribution is -0.126. The van der Waals surface area contributed by atoms with Crippen LogP contribution in [0.2, 0.25) is 0 Å². The van der Waals surface area contributed by atoms with Gasteiger partial charge in [-0.25, -0.2) is 5.43 Å². The van der Waals surface area contributed by atoms with Crippen molar-refractivity contribution < 1.29 is 9.53 Å². The van der Waals surface area contributed by atoms with Crippen LogP contribution < -0.4 is 10.9 Å². The Morgan fingerprint density at radius 1 is 1.36 bits per heavy atom. The largest absolute Gasteiger partial charge is 0.367 e. The molecule has 1 aromatic rings. The van der Waals surface area contributed by atoms with Gasteiger partial charge in [0.2, 0.25) is 0 Å². The molecule has 0 fully saturated rings. The van der Waals surface area contributed by atoms with Crippen molar-refractivity contribution in [1.29, 1.82) is 0 Å². The summed E-state index contributed by atoms with van der Waals surface area (Å²) in [6, 6.07) is 9.72. The van der Waals surface area contributed by atoms with Crippen LogP contribution in [-0.4, -0.2) is 19.6 Å². The van der Waals surface area contributed by atoms with Gasteiger partial charge in [0.05, 0.1) is 6.61 Å². The van der Waals surface area contributed by atoms with Crippen molar-refractivity contribution in [3.8, 4) is 0 Å². The Hall–Kier alpha value is -1.39. The molecule has 14 heavy (non-hydrogen) atoms. The SMILES string of the molecule is CNNC(=O)COCc1ccccc1. The molecule has 4 nitrogen and oxygen atoms in total. The minimum atomic E-state index is -0.177. The van der Waals surface area contributed by atoms with Gasteiger partial charge in [0.15, 0.2) is 0 Å². The number of amides is 1. The quantitative estimate of drug-likeness (QED) is 0.669. The van der Waals surface area contributed by atoms with E-state index in [9.17, 15) is 4.79 Å². The fourth-order valence-electron chi connectivity index (χ4n) is 1.01. The van der Waals surface area contributed by atoms with Gasteiger partial charge in [0.1, 0.15) is 6.61 Å². The number of nitrogens with one attached hydrogen (secondary N) is 2. The number of hydrogen-bond donors (Lipinski definition) is 2. The van der Waals surface area contributed by atoms with Crippen LogP contribution >= 0.6 is 0 Å². The van der Waals surface area contributed by atoms with E-state index >= 15 is 0 Å². The van der Waals surface area contributed by atoms with E-state index in [0.29, 0.717) is 6.61 Å². The Kier molecular flexibility index (Phi) is 4.68. The molecule has 0 unspecified atom stereocenters. The van der Waals surface area contributed by atoms with Crippen molar-refractivity contribution in [2.45, 2.75) is 6.61 Å². The first-order valence-corrected chi connectivity index (χ1v) is 4.40. The third kappa shape index (κ3) is 4.02. The fraction of sp³-hybridized carbons (Fsp3) is 0.300. The number of carbonyl (C=O) groups is 1. The standard InChI is InChI=1S/C10H14N2O2/c1-11-12-10(13)8-14-7-9-5-3-2-4-6-9/h2-6,11H,7-8H2,1H3,(H,12,13). The van der Waals surface area contributed by atoms with Crippen LogP contribution in [0.15, 0.2) is 30.3 Å². The molecular weight excluding hydrogens is 180 g/mol. The summed E-state index contributed by atoms with van der Waals surface area (Å²) in [5.74, 6) is -0.177. The minimum absolute atomic E-state index is 0.0652. The number of carbonyl (C=O) groups excluding carboxylic acids is 1. The first kappa shape index (κ1) is 10.7. The molecule has 0 spiro atoms. The molecule has 0 radical (unpaired) electrons. The maximum Gasteiger partial charge on any atom is 0.260 e. The molecule has 0 aliphatic carbocycles. The molecule has 0 heterocycles. The van der Waals surface area contributed by atoms with Crippen LogP contribution in [-0.2, 0) is 16.1 Å². The van der Waals surface area contributed by atoms with E-state index in [1.807, 2.05) is 30.3 Å². The van der Waals surface area contributed by atoms with E-state index in [4.69, 9.17) is 4.74 Å². The summed E-state index contributed by atoms with van der Waals surface area (Å²) >= 11 is 0. The highest BCUT2D eigenvalue weighted by atomic mass is 16.5. The summed E-state index contributed by atoms with van der Waals surface area (Å²) in [5.41, 5.74) is 6.01. The van der Waals surface area contributed by atoms with Crippen molar-refractivity contribution in [3.05, 3.63) is 35.9 Å². The normalized spacial score (nSPS) is 9.79. The second kappa shape index (κ2) is 6.12. The van der Waals surface area contributed by atoms with Gasteiger partial charge in [-0.2, -0.15) is 0 Å². The smallest absolute Gasteiger partial charge is 0.260 e. The molecule has 0 aliphatic rings. The Bertz CT molecular complexity index is 275. The lowest BCUT2D eigenvalue weighted by atomic mass is 10.2. The number of hydrogen-bond acceptors (Lipinski definition) is 3. The topological polar surface area (TPSA) is 50.4 Å². The molecular formula is C10H14N2O2. The first-order valence-electron chi connectivity index (χ1n) is 4.40. The predicted molar refractivity (Wildman–Crippen MR) is 53.3 cm³/mol. The van der Waals surface area contributed by atoms with Gasteiger partial charge in [0.25, 0.3) is 5.91 Å². The molecule has 0 atom stereocenters. The molecule has 2 N–H and O–H groups in total. The highest BCUT2D eigenvalue weighted by Gasteiger charge is 1.98. The molecule has 1 amide bonds. The molecule has 1 aromatic carbocycles. The summed E-state index contributed by atoms with van der Waals surface area (Å²) in [6.45, 7) is 0.522. The minimum Gasteiger partial charge on any atom is -0.367 e. The summed E-state index contributed by atoms with van der Waals surface area (Å²) in [6.07, 6.45) is 0. The third-order valence-corrected chi connectivity index (χ3v) is 1.61. The highest BCUT2D eigenvalue weighted by Crippen LogP contribution is 1.99. The molecule has 1 rings (SSSR count). The Balaban J connectivity index is 2.19. The van der Waals surface area contributed by atoms with Gasteiger partial charge in [-0.15, -0.1) is 0 Å². The summed E-state index contributed by atoms with van der Waals surface area (Å²) in [5, 5.41) is 0. The molecule has 76 valence electrons. The zero-order chi connectivity index (χ0) is 10.2. The highest BCUT2D eigenvalue weighted by molar-refractivity contribution is 5.76. The monoisotopic (exact) mass is 194 g/mol. The maximum absolute atomic E-state index is 10.9. The van der Waals surface area contributed by atoms with Crippen LogP contribution in [0.3, 0.4) is 0 Å². The second-order valence-corrected chi connectivity index (χ2v) is 2.78. The number of hydrazine groups is 1. The van der Waals surface area contributed by atoms with Crippen molar-refractivity contribution in [3.63, 3.8) is 0 Å². The summed E-state index contributed by atoms with van der Waals surface area (Å²) < 4.78 is 5.18. The van der Waals surface area contributed by atoms with Gasteiger partial charge in [-0.3, -0.25) is 10.2 Å².